The Kier molecular flexibility index (Phi) is 32.3. The molecule has 0 bridgehead atoms. The molecule has 0 unspecified atom stereocenters. The summed E-state index contributed by atoms with van der Waals surface area (Å²) >= 11 is -1.09. The van der Waals surface area contributed by atoms with Crippen LogP contribution in [0.4, 0.5) is 0 Å². The van der Waals surface area contributed by atoms with Crippen LogP contribution in [0.25, 0.3) is 0 Å². The Morgan fingerprint density at radius 2 is 0.593 bits per heavy atom. The van der Waals surface area contributed by atoms with Gasteiger partial charge in [-0.25, -0.2) is 0 Å². The molecule has 0 amide bonds. The molecule has 3 aliphatic rings. The van der Waals surface area contributed by atoms with E-state index in [0.29, 0.717) is 0 Å². The van der Waals surface area contributed by atoms with Gasteiger partial charge in [0.25, 0.3) is 0 Å². The SMILES string of the molecule is C1CCCC1.C1CCCC1.[CH-]=C1CCCCC1=[CH-].[CH3][Sn]([CH3])[CH3].[CH3][Sn]([CH3])[CH3].[Zr+4]. The van der Waals surface area contributed by atoms with Gasteiger partial charge in [-0.15, -0.1) is 12.8 Å². The monoisotopic (exact) mass is 666 g/mol. The molecule has 0 saturated heterocycles. The van der Waals surface area contributed by atoms with Crippen molar-refractivity contribution in [3.8, 4) is 0 Å². The first-order valence-electron chi connectivity index (χ1n) is 11.0. The van der Waals surface area contributed by atoms with Gasteiger partial charge < -0.3 is 24.3 Å². The van der Waals surface area contributed by atoms with Crippen molar-refractivity contribution < 1.29 is 26.2 Å². The van der Waals surface area contributed by atoms with Gasteiger partial charge in [-0.3, -0.25) is 0 Å². The van der Waals surface area contributed by atoms with E-state index in [-0.39, 0.29) is 26.2 Å². The first-order chi connectivity index (χ1) is 12.3. The van der Waals surface area contributed by atoms with Gasteiger partial charge in [0.1, 0.15) is 0 Å². The maximum absolute atomic E-state index is 5.53. The maximum Gasteiger partial charge on any atom is 4.00 e. The molecule has 154 valence electrons. The van der Waals surface area contributed by atoms with Crippen LogP contribution in [-0.2, 0) is 26.2 Å². The summed E-state index contributed by atoms with van der Waals surface area (Å²) in [7, 11) is 0. The molecule has 0 atom stereocenters. The number of allylic oxidation sites excluding steroid dienone is 2. The van der Waals surface area contributed by atoms with E-state index in [1.165, 1.54) is 77.0 Å². The first-order valence-corrected chi connectivity index (χ1v) is 28.2. The van der Waals surface area contributed by atoms with Gasteiger partial charge in [0.2, 0.25) is 0 Å². The van der Waals surface area contributed by atoms with Gasteiger partial charge in [0.05, 0.1) is 0 Å². The van der Waals surface area contributed by atoms with Crippen LogP contribution in [-0.4, -0.2) is 39.5 Å². The molecular formula is C24H48Sn2Zr+2. The third kappa shape index (κ3) is 35.7. The molecule has 0 aromatic heterocycles. The van der Waals surface area contributed by atoms with Crippen molar-refractivity contribution >= 4 is 39.5 Å². The van der Waals surface area contributed by atoms with Crippen LogP contribution >= 0.6 is 0 Å². The molecule has 0 spiro atoms. The average molecular weight is 665 g/mol. The summed E-state index contributed by atoms with van der Waals surface area (Å²) in [5.41, 5.74) is 1.83. The molecule has 0 heterocycles. The Morgan fingerprint density at radius 3 is 0.704 bits per heavy atom. The van der Waals surface area contributed by atoms with Crippen LogP contribution in [0.15, 0.2) is 11.1 Å². The van der Waals surface area contributed by atoms with Gasteiger partial charge in [-0.05, 0) is 0 Å². The zero-order valence-corrected chi connectivity index (χ0v) is 27.7. The van der Waals surface area contributed by atoms with Gasteiger partial charge in [0.15, 0.2) is 0 Å². The van der Waals surface area contributed by atoms with Crippen molar-refractivity contribution in [2.75, 3.05) is 0 Å². The van der Waals surface area contributed by atoms with Gasteiger partial charge in [-0.2, -0.15) is 0 Å². The predicted octanol–water partition coefficient (Wildman–Crippen LogP) is 8.92. The number of hydrogen-bond acceptors (Lipinski definition) is 0. The van der Waals surface area contributed by atoms with Crippen molar-refractivity contribution in [1.82, 2.24) is 0 Å². The van der Waals surface area contributed by atoms with Crippen molar-refractivity contribution in [2.45, 2.75) is 120 Å². The molecule has 0 aromatic carbocycles. The molecule has 3 aliphatic carbocycles. The quantitative estimate of drug-likeness (QED) is 0.179. The normalized spacial score (nSPS) is 17.9. The minimum Gasteiger partial charge on any atom is 4.00 e. The fourth-order valence-corrected chi connectivity index (χ4v) is 2.72. The van der Waals surface area contributed by atoms with Crippen LogP contribution in [0.1, 0.15) is 89.9 Å². The second kappa shape index (κ2) is 26.0. The molecule has 3 fully saturated rings. The Hall–Kier alpha value is 1.96. The van der Waals surface area contributed by atoms with Crippen LogP contribution in [0.5, 0.6) is 0 Å². The van der Waals surface area contributed by atoms with E-state index in [2.05, 4.69) is 29.6 Å². The zero-order valence-electron chi connectivity index (χ0n) is 19.6. The minimum atomic E-state index is -0.543. The fraction of sp³-hybridized carbons (Fsp3) is 0.833. The van der Waals surface area contributed by atoms with Crippen molar-refractivity contribution in [3.05, 3.63) is 24.3 Å². The van der Waals surface area contributed by atoms with Crippen LogP contribution in [0.2, 0.25) is 29.6 Å². The van der Waals surface area contributed by atoms with Crippen LogP contribution < -0.4 is 0 Å². The second-order valence-corrected chi connectivity index (χ2v) is 25.9. The van der Waals surface area contributed by atoms with Crippen molar-refractivity contribution in [2.24, 2.45) is 0 Å². The second-order valence-electron chi connectivity index (χ2n) is 8.79. The molecule has 3 heteroatoms. The topological polar surface area (TPSA) is 0 Å². The number of hydrogen-bond donors (Lipinski definition) is 0. The average Bonchev–Trinajstić information content (AvgIpc) is 3.28. The molecule has 3 rings (SSSR count). The van der Waals surface area contributed by atoms with Gasteiger partial charge >= 0.3 is 95.4 Å². The molecule has 27 heavy (non-hydrogen) atoms. The van der Waals surface area contributed by atoms with Gasteiger partial charge in [0, 0.05) is 0 Å². The summed E-state index contributed by atoms with van der Waals surface area (Å²) in [5.74, 6) is 0. The standard InChI is InChI=1S/C8H10.2C5H10.6CH3.2Sn.Zr/c1-7-5-3-4-6-8(7)2;2*1-2-4-5-3-1;;;;;;;;;/h1-2H,3-6H2;2*1-5H2;6*1H3;;;/q-2;;;;;;;;;;;+4. The summed E-state index contributed by atoms with van der Waals surface area (Å²) < 4.78 is 0. The fourth-order valence-electron chi connectivity index (χ4n) is 2.72. The van der Waals surface area contributed by atoms with Crippen molar-refractivity contribution in [1.29, 1.82) is 0 Å². The van der Waals surface area contributed by atoms with E-state index in [0.717, 1.165) is 24.0 Å². The maximum atomic E-state index is 5.53. The smallest absolute Gasteiger partial charge is 4.00 e. The molecule has 0 N–H and O–H groups in total. The van der Waals surface area contributed by atoms with Crippen LogP contribution in [0.3, 0.4) is 0 Å². The molecule has 2 radical (unpaired) electrons. The van der Waals surface area contributed by atoms with E-state index < -0.39 is 39.5 Å². The Morgan fingerprint density at radius 1 is 0.444 bits per heavy atom. The summed E-state index contributed by atoms with van der Waals surface area (Å²) in [5, 5.41) is 0. The van der Waals surface area contributed by atoms with E-state index in [1.807, 2.05) is 0 Å². The molecule has 0 aliphatic heterocycles. The Balaban J connectivity index is -0.000000273. The summed E-state index contributed by atoms with van der Waals surface area (Å²) in [6.45, 7) is 11.1. The van der Waals surface area contributed by atoms with E-state index in [1.54, 1.807) is 0 Å². The van der Waals surface area contributed by atoms with E-state index in [9.17, 15) is 0 Å². The molecule has 3 saturated carbocycles. The summed E-state index contributed by atoms with van der Waals surface area (Å²) in [6, 6.07) is 0. The Bertz CT molecular complexity index is 264. The predicted molar refractivity (Wildman–Crippen MR) is 127 cm³/mol. The molecular weight excluding hydrogens is 617 g/mol. The van der Waals surface area contributed by atoms with E-state index >= 15 is 0 Å². The molecule has 0 nitrogen and oxygen atoms in total. The van der Waals surface area contributed by atoms with Crippen LogP contribution in [0, 0.1) is 13.2 Å². The summed E-state index contributed by atoms with van der Waals surface area (Å²) in [4.78, 5) is 14.2. The third-order valence-corrected chi connectivity index (χ3v) is 4.05. The number of rotatable bonds is 0. The zero-order chi connectivity index (χ0) is 20.2. The minimum absolute atomic E-state index is 0. The summed E-state index contributed by atoms with van der Waals surface area (Å²) in [6.07, 6.45) is 19.4. The largest absolute Gasteiger partial charge is 4.00 e. The van der Waals surface area contributed by atoms with Gasteiger partial charge in [-0.1, -0.05) is 77.0 Å². The third-order valence-electron chi connectivity index (χ3n) is 4.05. The Labute approximate surface area is 207 Å². The first kappa shape index (κ1) is 33.6. The van der Waals surface area contributed by atoms with Crippen molar-refractivity contribution in [3.63, 3.8) is 0 Å². The molecule has 0 aromatic rings. The van der Waals surface area contributed by atoms with E-state index in [4.69, 9.17) is 13.2 Å².